The predicted octanol–water partition coefficient (Wildman–Crippen LogP) is 2.73. The lowest BCUT2D eigenvalue weighted by molar-refractivity contribution is -0.115. The minimum atomic E-state index is -0.576. The summed E-state index contributed by atoms with van der Waals surface area (Å²) in [6, 6.07) is 4.96. The third-order valence-corrected chi connectivity index (χ3v) is 4.01. The standard InChI is InChI=1S/C12H9Cl2N3O2S/c13-7-2-1-6(3-8(7)14)4-10(18)17-12-16-5-9(20-12)11(15)19/h1-3,5H,4H2,(H2,15,19)(H,16,17,18). The highest BCUT2D eigenvalue weighted by atomic mass is 35.5. The van der Waals surface area contributed by atoms with Gasteiger partial charge < -0.3 is 11.1 Å². The second kappa shape index (κ2) is 6.21. The van der Waals surface area contributed by atoms with Gasteiger partial charge in [0, 0.05) is 0 Å². The average molecular weight is 330 g/mol. The van der Waals surface area contributed by atoms with Crippen LogP contribution in [0.2, 0.25) is 10.0 Å². The van der Waals surface area contributed by atoms with Crippen LogP contribution in [0.5, 0.6) is 0 Å². The summed E-state index contributed by atoms with van der Waals surface area (Å²) < 4.78 is 0. The first-order valence-electron chi connectivity index (χ1n) is 5.45. The number of carbonyl (C=O) groups excluding carboxylic acids is 2. The van der Waals surface area contributed by atoms with Crippen LogP contribution in [0.1, 0.15) is 15.2 Å². The molecule has 8 heteroatoms. The van der Waals surface area contributed by atoms with E-state index in [0.29, 0.717) is 15.2 Å². The fraction of sp³-hybridized carbons (Fsp3) is 0.0833. The molecule has 1 aromatic carbocycles. The number of halogens is 2. The number of amides is 2. The molecule has 104 valence electrons. The summed E-state index contributed by atoms with van der Waals surface area (Å²) in [5, 5.41) is 3.73. The highest BCUT2D eigenvalue weighted by molar-refractivity contribution is 7.17. The molecule has 0 aliphatic carbocycles. The van der Waals surface area contributed by atoms with Crippen LogP contribution in [0.15, 0.2) is 24.4 Å². The van der Waals surface area contributed by atoms with Gasteiger partial charge in [0.25, 0.3) is 5.91 Å². The monoisotopic (exact) mass is 329 g/mol. The van der Waals surface area contributed by atoms with Gasteiger partial charge in [-0.2, -0.15) is 0 Å². The van der Waals surface area contributed by atoms with Gasteiger partial charge in [-0.15, -0.1) is 0 Å². The molecule has 0 radical (unpaired) electrons. The van der Waals surface area contributed by atoms with Crippen LogP contribution in [-0.4, -0.2) is 16.8 Å². The lowest BCUT2D eigenvalue weighted by Crippen LogP contribution is -2.14. The van der Waals surface area contributed by atoms with E-state index in [1.165, 1.54) is 6.20 Å². The molecule has 2 amide bonds. The van der Waals surface area contributed by atoms with Gasteiger partial charge in [-0.25, -0.2) is 4.98 Å². The average Bonchev–Trinajstić information content (AvgIpc) is 2.82. The van der Waals surface area contributed by atoms with E-state index in [9.17, 15) is 9.59 Å². The van der Waals surface area contributed by atoms with Crippen LogP contribution in [0.25, 0.3) is 0 Å². The molecule has 5 nitrogen and oxygen atoms in total. The zero-order chi connectivity index (χ0) is 14.7. The van der Waals surface area contributed by atoms with Gasteiger partial charge in [0.15, 0.2) is 5.13 Å². The number of thiazole rings is 1. The van der Waals surface area contributed by atoms with Crippen LogP contribution in [0.4, 0.5) is 5.13 Å². The fourth-order valence-corrected chi connectivity index (χ4v) is 2.45. The van der Waals surface area contributed by atoms with E-state index in [1.807, 2.05) is 0 Å². The van der Waals surface area contributed by atoms with E-state index < -0.39 is 5.91 Å². The highest BCUT2D eigenvalue weighted by Crippen LogP contribution is 2.23. The number of rotatable bonds is 4. The molecule has 1 heterocycles. The van der Waals surface area contributed by atoms with Gasteiger partial charge in [0.1, 0.15) is 4.88 Å². The molecule has 0 saturated heterocycles. The lowest BCUT2D eigenvalue weighted by Gasteiger charge is -2.03. The number of carbonyl (C=O) groups is 2. The number of benzene rings is 1. The van der Waals surface area contributed by atoms with Crippen molar-refractivity contribution >= 4 is 51.5 Å². The molecule has 0 spiro atoms. The lowest BCUT2D eigenvalue weighted by atomic mass is 10.1. The molecule has 0 atom stereocenters. The first-order chi connectivity index (χ1) is 9.45. The Morgan fingerprint density at radius 2 is 2.05 bits per heavy atom. The van der Waals surface area contributed by atoms with Crippen molar-refractivity contribution in [3.05, 3.63) is 44.9 Å². The maximum Gasteiger partial charge on any atom is 0.260 e. The van der Waals surface area contributed by atoms with Crippen LogP contribution < -0.4 is 11.1 Å². The summed E-state index contributed by atoms with van der Waals surface area (Å²) in [5.41, 5.74) is 5.83. The number of anilines is 1. The Hall–Kier alpha value is -1.63. The molecule has 3 N–H and O–H groups in total. The van der Waals surface area contributed by atoms with Crippen molar-refractivity contribution in [2.24, 2.45) is 5.73 Å². The quantitative estimate of drug-likeness (QED) is 0.904. The summed E-state index contributed by atoms with van der Waals surface area (Å²) in [7, 11) is 0. The van der Waals surface area contributed by atoms with Crippen molar-refractivity contribution in [1.29, 1.82) is 0 Å². The topological polar surface area (TPSA) is 85.1 Å². The molecule has 2 aromatic rings. The number of hydrogen-bond acceptors (Lipinski definition) is 4. The molecule has 20 heavy (non-hydrogen) atoms. The van der Waals surface area contributed by atoms with Gasteiger partial charge >= 0.3 is 0 Å². The van der Waals surface area contributed by atoms with Crippen molar-refractivity contribution in [2.75, 3.05) is 5.32 Å². The highest BCUT2D eigenvalue weighted by Gasteiger charge is 2.10. The van der Waals surface area contributed by atoms with Gasteiger partial charge in [-0.3, -0.25) is 9.59 Å². The third-order valence-electron chi connectivity index (χ3n) is 2.34. The van der Waals surface area contributed by atoms with E-state index >= 15 is 0 Å². The smallest absolute Gasteiger partial charge is 0.260 e. The fourth-order valence-electron chi connectivity index (χ4n) is 1.44. The summed E-state index contributed by atoms with van der Waals surface area (Å²) in [4.78, 5) is 26.9. The predicted molar refractivity (Wildman–Crippen MR) is 79.4 cm³/mol. The number of nitrogens with two attached hydrogens (primary N) is 1. The van der Waals surface area contributed by atoms with E-state index in [4.69, 9.17) is 28.9 Å². The first kappa shape index (κ1) is 14.8. The molecular weight excluding hydrogens is 321 g/mol. The summed E-state index contributed by atoms with van der Waals surface area (Å²) in [5.74, 6) is -0.846. The molecule has 0 aliphatic heterocycles. The second-order valence-corrected chi connectivity index (χ2v) is 5.71. The Kier molecular flexibility index (Phi) is 4.59. The minimum Gasteiger partial charge on any atom is -0.365 e. The number of primary amides is 1. The first-order valence-corrected chi connectivity index (χ1v) is 7.02. The Morgan fingerprint density at radius 3 is 2.65 bits per heavy atom. The van der Waals surface area contributed by atoms with Crippen molar-refractivity contribution in [3.63, 3.8) is 0 Å². The zero-order valence-corrected chi connectivity index (χ0v) is 12.4. The van der Waals surface area contributed by atoms with E-state index in [-0.39, 0.29) is 17.2 Å². The molecule has 1 aromatic heterocycles. The summed E-state index contributed by atoms with van der Waals surface area (Å²) in [6.45, 7) is 0. The molecule has 0 fully saturated rings. The minimum absolute atomic E-state index is 0.127. The Morgan fingerprint density at radius 1 is 1.30 bits per heavy atom. The van der Waals surface area contributed by atoms with Crippen LogP contribution in [0.3, 0.4) is 0 Å². The van der Waals surface area contributed by atoms with Crippen LogP contribution in [-0.2, 0) is 11.2 Å². The van der Waals surface area contributed by atoms with E-state index in [2.05, 4.69) is 10.3 Å². The molecule has 2 rings (SSSR count). The van der Waals surface area contributed by atoms with Crippen molar-refractivity contribution < 1.29 is 9.59 Å². The second-order valence-electron chi connectivity index (χ2n) is 3.87. The maximum absolute atomic E-state index is 11.8. The summed E-state index contributed by atoms with van der Waals surface area (Å²) >= 11 is 12.7. The molecular formula is C12H9Cl2N3O2S. The largest absolute Gasteiger partial charge is 0.365 e. The van der Waals surface area contributed by atoms with Gasteiger partial charge in [-0.1, -0.05) is 40.6 Å². The number of nitrogens with one attached hydrogen (secondary N) is 1. The van der Waals surface area contributed by atoms with E-state index in [1.54, 1.807) is 18.2 Å². The Bertz CT molecular complexity index is 672. The SMILES string of the molecule is NC(=O)c1cnc(NC(=O)Cc2ccc(Cl)c(Cl)c2)s1. The summed E-state index contributed by atoms with van der Waals surface area (Å²) in [6.07, 6.45) is 1.45. The molecule has 0 aliphatic rings. The van der Waals surface area contributed by atoms with Crippen molar-refractivity contribution in [3.8, 4) is 0 Å². The Balaban J connectivity index is 2.01. The van der Waals surface area contributed by atoms with Crippen LogP contribution in [0, 0.1) is 0 Å². The number of hydrogen-bond donors (Lipinski definition) is 2. The normalized spacial score (nSPS) is 10.3. The third kappa shape index (κ3) is 3.69. The maximum atomic E-state index is 11.8. The number of aromatic nitrogens is 1. The number of nitrogens with zero attached hydrogens (tertiary/aromatic N) is 1. The molecule has 0 unspecified atom stereocenters. The molecule has 0 bridgehead atoms. The van der Waals surface area contributed by atoms with Gasteiger partial charge in [0.05, 0.1) is 22.7 Å². The zero-order valence-electron chi connectivity index (χ0n) is 10.0. The van der Waals surface area contributed by atoms with Gasteiger partial charge in [-0.05, 0) is 17.7 Å². The van der Waals surface area contributed by atoms with Crippen molar-refractivity contribution in [2.45, 2.75) is 6.42 Å². The van der Waals surface area contributed by atoms with Crippen LogP contribution >= 0.6 is 34.5 Å². The Labute approximate surface area is 128 Å². The molecule has 0 saturated carbocycles. The van der Waals surface area contributed by atoms with Gasteiger partial charge in [0.2, 0.25) is 5.91 Å². The van der Waals surface area contributed by atoms with E-state index in [0.717, 1.165) is 16.9 Å². The van der Waals surface area contributed by atoms with Crippen molar-refractivity contribution in [1.82, 2.24) is 4.98 Å².